The average Bonchev–Trinajstić information content (AvgIpc) is 2.99. The molecular formula is C16H28N2O3. The van der Waals surface area contributed by atoms with Crippen LogP contribution in [0.3, 0.4) is 0 Å². The van der Waals surface area contributed by atoms with Gasteiger partial charge in [-0.1, -0.05) is 25.7 Å². The molecular weight excluding hydrogens is 268 g/mol. The minimum Gasteiger partial charge on any atom is -0.481 e. The van der Waals surface area contributed by atoms with Gasteiger partial charge in [-0.15, -0.1) is 0 Å². The molecule has 0 aliphatic heterocycles. The summed E-state index contributed by atoms with van der Waals surface area (Å²) in [6, 6.07) is 0.0539. The predicted molar refractivity (Wildman–Crippen MR) is 81.0 cm³/mol. The molecule has 0 bridgehead atoms. The molecule has 2 aliphatic rings. The third-order valence-electron chi connectivity index (χ3n) is 5.22. The third kappa shape index (κ3) is 4.61. The Morgan fingerprint density at radius 1 is 1.10 bits per heavy atom. The van der Waals surface area contributed by atoms with Crippen molar-refractivity contribution in [3.63, 3.8) is 0 Å². The number of carboxylic acid groups (broad SMARTS) is 1. The number of carboxylic acids is 1. The molecule has 2 amide bonds. The number of carbonyl (C=O) groups excluding carboxylic acids is 1. The lowest BCUT2D eigenvalue weighted by Crippen LogP contribution is -2.46. The topological polar surface area (TPSA) is 78.4 Å². The van der Waals surface area contributed by atoms with E-state index in [2.05, 4.69) is 17.6 Å². The number of rotatable bonds is 5. The Hall–Kier alpha value is -1.26. The molecule has 21 heavy (non-hydrogen) atoms. The number of nitrogens with one attached hydrogen (secondary N) is 2. The largest absolute Gasteiger partial charge is 0.481 e. The highest BCUT2D eigenvalue weighted by molar-refractivity contribution is 5.74. The molecule has 0 aromatic carbocycles. The van der Waals surface area contributed by atoms with Gasteiger partial charge in [-0.25, -0.2) is 4.79 Å². The summed E-state index contributed by atoms with van der Waals surface area (Å²) < 4.78 is 0. The van der Waals surface area contributed by atoms with E-state index in [-0.39, 0.29) is 23.9 Å². The summed E-state index contributed by atoms with van der Waals surface area (Å²) in [5.41, 5.74) is 0. The van der Waals surface area contributed by atoms with Crippen LogP contribution < -0.4 is 10.6 Å². The van der Waals surface area contributed by atoms with Gasteiger partial charge in [0.15, 0.2) is 0 Å². The summed E-state index contributed by atoms with van der Waals surface area (Å²) in [6.45, 7) is 2.54. The van der Waals surface area contributed by atoms with Crippen LogP contribution in [-0.2, 0) is 4.79 Å². The Kier molecular flexibility index (Phi) is 5.88. The van der Waals surface area contributed by atoms with Crippen LogP contribution >= 0.6 is 0 Å². The first-order chi connectivity index (χ1) is 10.1. The van der Waals surface area contributed by atoms with Crippen molar-refractivity contribution in [3.05, 3.63) is 0 Å². The smallest absolute Gasteiger partial charge is 0.315 e. The van der Waals surface area contributed by atoms with Gasteiger partial charge in [0.05, 0.1) is 5.92 Å². The van der Waals surface area contributed by atoms with E-state index in [1.54, 1.807) is 0 Å². The predicted octanol–water partition coefficient (Wildman–Crippen LogP) is 2.76. The molecule has 0 radical (unpaired) electrons. The Morgan fingerprint density at radius 2 is 1.71 bits per heavy atom. The van der Waals surface area contributed by atoms with E-state index in [1.165, 1.54) is 25.7 Å². The Labute approximate surface area is 126 Å². The van der Waals surface area contributed by atoms with E-state index in [0.717, 1.165) is 25.7 Å². The second-order valence-electron chi connectivity index (χ2n) is 6.68. The molecule has 2 fully saturated rings. The number of urea groups is 1. The van der Waals surface area contributed by atoms with Crippen molar-refractivity contribution in [1.82, 2.24) is 10.6 Å². The molecule has 0 spiro atoms. The lowest BCUT2D eigenvalue weighted by Gasteiger charge is -2.29. The molecule has 2 aliphatic carbocycles. The van der Waals surface area contributed by atoms with Crippen LogP contribution in [0.4, 0.5) is 4.79 Å². The van der Waals surface area contributed by atoms with Crippen LogP contribution in [0, 0.1) is 17.8 Å². The lowest BCUT2D eigenvalue weighted by molar-refractivity contribution is -0.144. The van der Waals surface area contributed by atoms with Crippen molar-refractivity contribution >= 4 is 12.0 Å². The van der Waals surface area contributed by atoms with Crippen LogP contribution in [-0.4, -0.2) is 29.7 Å². The number of aliphatic carboxylic acids is 1. The quantitative estimate of drug-likeness (QED) is 0.730. The molecule has 0 aromatic heterocycles. The highest BCUT2D eigenvalue weighted by atomic mass is 16.4. The van der Waals surface area contributed by atoms with E-state index in [0.29, 0.717) is 12.5 Å². The second-order valence-corrected chi connectivity index (χ2v) is 6.68. The van der Waals surface area contributed by atoms with Crippen molar-refractivity contribution < 1.29 is 14.7 Å². The Balaban J connectivity index is 1.73. The van der Waals surface area contributed by atoms with Crippen LogP contribution in [0.2, 0.25) is 0 Å². The first-order valence-electron chi connectivity index (χ1n) is 8.35. The van der Waals surface area contributed by atoms with Crippen LogP contribution in [0.5, 0.6) is 0 Å². The standard InChI is InChI=1S/C16H28N2O3/c1-11(12-6-2-3-7-12)18-16(21)17-10-13-8-4-5-9-14(13)15(19)20/h11-14H,2-10H2,1H3,(H,19,20)(H2,17,18,21). The fourth-order valence-corrected chi connectivity index (χ4v) is 3.83. The van der Waals surface area contributed by atoms with Gasteiger partial charge in [-0.2, -0.15) is 0 Å². The number of carbonyl (C=O) groups is 2. The van der Waals surface area contributed by atoms with Gasteiger partial charge in [-0.05, 0) is 44.4 Å². The van der Waals surface area contributed by atoms with Gasteiger partial charge < -0.3 is 15.7 Å². The number of hydrogen-bond donors (Lipinski definition) is 3. The Morgan fingerprint density at radius 3 is 2.38 bits per heavy atom. The molecule has 2 saturated carbocycles. The summed E-state index contributed by atoms with van der Waals surface area (Å²) >= 11 is 0. The maximum Gasteiger partial charge on any atom is 0.315 e. The van der Waals surface area contributed by atoms with Gasteiger partial charge in [0.25, 0.3) is 0 Å². The zero-order valence-corrected chi connectivity index (χ0v) is 12.9. The van der Waals surface area contributed by atoms with Crippen LogP contribution in [0.25, 0.3) is 0 Å². The van der Waals surface area contributed by atoms with Crippen molar-refractivity contribution in [1.29, 1.82) is 0 Å². The van der Waals surface area contributed by atoms with Gasteiger partial charge in [0.2, 0.25) is 0 Å². The second kappa shape index (κ2) is 7.66. The van der Waals surface area contributed by atoms with E-state index in [4.69, 9.17) is 0 Å². The number of amides is 2. The zero-order chi connectivity index (χ0) is 15.2. The summed E-state index contributed by atoms with van der Waals surface area (Å²) in [7, 11) is 0. The summed E-state index contributed by atoms with van der Waals surface area (Å²) in [5, 5.41) is 15.1. The molecule has 3 N–H and O–H groups in total. The van der Waals surface area contributed by atoms with E-state index in [1.807, 2.05) is 0 Å². The van der Waals surface area contributed by atoms with Crippen molar-refractivity contribution in [3.8, 4) is 0 Å². The minimum atomic E-state index is -0.721. The first kappa shape index (κ1) is 16.1. The lowest BCUT2D eigenvalue weighted by atomic mass is 9.79. The fourth-order valence-electron chi connectivity index (χ4n) is 3.83. The SMILES string of the molecule is CC(NC(=O)NCC1CCCCC1C(=O)O)C1CCCC1. The van der Waals surface area contributed by atoms with Crippen molar-refractivity contribution in [2.24, 2.45) is 17.8 Å². The average molecular weight is 296 g/mol. The van der Waals surface area contributed by atoms with Gasteiger partial charge in [0, 0.05) is 12.6 Å². The molecule has 3 unspecified atom stereocenters. The van der Waals surface area contributed by atoms with Crippen molar-refractivity contribution in [2.75, 3.05) is 6.54 Å². The highest BCUT2D eigenvalue weighted by Gasteiger charge is 2.31. The first-order valence-corrected chi connectivity index (χ1v) is 8.35. The van der Waals surface area contributed by atoms with E-state index < -0.39 is 5.97 Å². The minimum absolute atomic E-state index is 0.0730. The van der Waals surface area contributed by atoms with Crippen LogP contribution in [0.15, 0.2) is 0 Å². The molecule has 0 heterocycles. The molecule has 3 atom stereocenters. The molecule has 5 heteroatoms. The molecule has 2 rings (SSSR count). The van der Waals surface area contributed by atoms with Crippen LogP contribution in [0.1, 0.15) is 58.3 Å². The molecule has 0 saturated heterocycles. The maximum absolute atomic E-state index is 12.0. The summed E-state index contributed by atoms with van der Waals surface area (Å²) in [6.07, 6.45) is 8.61. The molecule has 120 valence electrons. The highest BCUT2D eigenvalue weighted by Crippen LogP contribution is 2.30. The van der Waals surface area contributed by atoms with Gasteiger partial charge in [0.1, 0.15) is 0 Å². The Bertz CT molecular complexity index is 367. The fraction of sp³-hybridized carbons (Fsp3) is 0.875. The zero-order valence-electron chi connectivity index (χ0n) is 12.9. The van der Waals surface area contributed by atoms with E-state index >= 15 is 0 Å². The van der Waals surface area contributed by atoms with Gasteiger partial charge in [-0.3, -0.25) is 4.79 Å². The normalized spacial score (nSPS) is 28.0. The molecule has 0 aromatic rings. The monoisotopic (exact) mass is 296 g/mol. The van der Waals surface area contributed by atoms with Crippen molar-refractivity contribution in [2.45, 2.75) is 64.3 Å². The third-order valence-corrected chi connectivity index (χ3v) is 5.22. The number of hydrogen-bond acceptors (Lipinski definition) is 2. The van der Waals surface area contributed by atoms with Gasteiger partial charge >= 0.3 is 12.0 Å². The maximum atomic E-state index is 12.0. The molecule has 5 nitrogen and oxygen atoms in total. The summed E-state index contributed by atoms with van der Waals surface area (Å²) in [4.78, 5) is 23.2. The summed E-state index contributed by atoms with van der Waals surface area (Å²) in [5.74, 6) is -0.353. The van der Waals surface area contributed by atoms with E-state index in [9.17, 15) is 14.7 Å².